The molecule has 108 valence electrons. The van der Waals surface area contributed by atoms with Crippen LogP contribution in [0.2, 0.25) is 0 Å². The second-order valence-electron chi connectivity index (χ2n) is 4.74. The normalized spacial score (nSPS) is 15.3. The number of nitrogens with zero attached hydrogens (tertiary/aromatic N) is 1. The van der Waals surface area contributed by atoms with E-state index in [2.05, 4.69) is 5.32 Å². The lowest BCUT2D eigenvalue weighted by Gasteiger charge is -2.30. The van der Waals surface area contributed by atoms with Crippen molar-refractivity contribution in [3.8, 4) is 0 Å². The van der Waals surface area contributed by atoms with Gasteiger partial charge in [-0.15, -0.1) is 0 Å². The molecule has 0 spiro atoms. The fraction of sp³-hybridized carbons (Fsp3) is 0.429. The minimum absolute atomic E-state index is 0.00341. The molecular formula is C14H18N2O4. The maximum atomic E-state index is 12.2. The van der Waals surface area contributed by atoms with E-state index in [1.54, 1.807) is 4.90 Å². The molecule has 0 aliphatic carbocycles. The Morgan fingerprint density at radius 1 is 1.35 bits per heavy atom. The summed E-state index contributed by atoms with van der Waals surface area (Å²) in [6.07, 6.45) is 1.76. The lowest BCUT2D eigenvalue weighted by molar-refractivity contribution is -0.139. The SMILES string of the molecule is O=C(O)C(CCO)NC(=O)N1CCCc2ccccc21. The third-order valence-electron chi connectivity index (χ3n) is 3.37. The van der Waals surface area contributed by atoms with E-state index in [4.69, 9.17) is 10.2 Å². The molecule has 2 rings (SSSR count). The highest BCUT2D eigenvalue weighted by molar-refractivity contribution is 5.95. The molecule has 3 N–H and O–H groups in total. The molecule has 1 atom stereocenters. The Hall–Kier alpha value is -2.08. The Labute approximate surface area is 117 Å². The molecule has 0 bridgehead atoms. The number of hydrogen-bond donors (Lipinski definition) is 3. The molecule has 0 aromatic heterocycles. The molecule has 1 unspecified atom stereocenters. The molecule has 20 heavy (non-hydrogen) atoms. The van der Waals surface area contributed by atoms with Crippen LogP contribution >= 0.6 is 0 Å². The summed E-state index contributed by atoms with van der Waals surface area (Å²) in [5, 5.41) is 20.3. The molecule has 1 aliphatic heterocycles. The number of rotatable bonds is 4. The Morgan fingerprint density at radius 3 is 2.80 bits per heavy atom. The first-order valence-corrected chi connectivity index (χ1v) is 6.63. The number of hydrogen-bond acceptors (Lipinski definition) is 3. The maximum absolute atomic E-state index is 12.2. The molecule has 6 heteroatoms. The monoisotopic (exact) mass is 278 g/mol. The summed E-state index contributed by atoms with van der Waals surface area (Å²) in [6, 6.07) is 6.10. The van der Waals surface area contributed by atoms with Crippen LogP contribution in [0.15, 0.2) is 24.3 Å². The first-order valence-electron chi connectivity index (χ1n) is 6.63. The van der Waals surface area contributed by atoms with Crippen LogP contribution in [0.25, 0.3) is 0 Å². The van der Waals surface area contributed by atoms with E-state index in [1.807, 2.05) is 24.3 Å². The molecule has 0 radical (unpaired) electrons. The molecule has 2 amide bonds. The van der Waals surface area contributed by atoms with E-state index in [0.29, 0.717) is 6.54 Å². The highest BCUT2D eigenvalue weighted by Crippen LogP contribution is 2.26. The van der Waals surface area contributed by atoms with E-state index < -0.39 is 18.0 Å². The number of carbonyl (C=O) groups is 2. The smallest absolute Gasteiger partial charge is 0.326 e. The Morgan fingerprint density at radius 2 is 2.10 bits per heavy atom. The van der Waals surface area contributed by atoms with Gasteiger partial charge in [0, 0.05) is 25.3 Å². The Bertz CT molecular complexity index is 504. The number of fused-ring (bicyclic) bond motifs is 1. The summed E-state index contributed by atoms with van der Waals surface area (Å²) >= 11 is 0. The van der Waals surface area contributed by atoms with Crippen molar-refractivity contribution in [2.75, 3.05) is 18.1 Å². The number of para-hydroxylation sites is 1. The maximum Gasteiger partial charge on any atom is 0.326 e. The van der Waals surface area contributed by atoms with Crippen molar-refractivity contribution in [2.24, 2.45) is 0 Å². The van der Waals surface area contributed by atoms with Gasteiger partial charge in [0.2, 0.25) is 0 Å². The molecule has 6 nitrogen and oxygen atoms in total. The number of carboxylic acids is 1. The van der Waals surface area contributed by atoms with Crippen molar-refractivity contribution in [3.63, 3.8) is 0 Å². The number of carbonyl (C=O) groups excluding carboxylic acids is 1. The van der Waals surface area contributed by atoms with Crippen LogP contribution in [0.3, 0.4) is 0 Å². The van der Waals surface area contributed by atoms with Crippen LogP contribution in [0.1, 0.15) is 18.4 Å². The third kappa shape index (κ3) is 3.08. The summed E-state index contributed by atoms with van der Waals surface area (Å²) in [5.41, 5.74) is 1.91. The average Bonchev–Trinajstić information content (AvgIpc) is 2.46. The zero-order valence-electron chi connectivity index (χ0n) is 11.1. The van der Waals surface area contributed by atoms with Gasteiger partial charge in [-0.3, -0.25) is 4.90 Å². The van der Waals surface area contributed by atoms with Gasteiger partial charge in [-0.2, -0.15) is 0 Å². The van der Waals surface area contributed by atoms with Crippen molar-refractivity contribution in [2.45, 2.75) is 25.3 Å². The number of aliphatic hydroxyl groups is 1. The van der Waals surface area contributed by atoms with E-state index in [-0.39, 0.29) is 13.0 Å². The highest BCUT2D eigenvalue weighted by Gasteiger charge is 2.26. The Kier molecular flexibility index (Phi) is 4.57. The minimum atomic E-state index is -1.14. The van der Waals surface area contributed by atoms with Gasteiger partial charge in [0.05, 0.1) is 0 Å². The average molecular weight is 278 g/mol. The molecule has 0 saturated carbocycles. The fourth-order valence-corrected chi connectivity index (χ4v) is 2.36. The molecule has 1 heterocycles. The zero-order chi connectivity index (χ0) is 14.5. The fourth-order valence-electron chi connectivity index (χ4n) is 2.36. The van der Waals surface area contributed by atoms with Crippen LogP contribution in [0.4, 0.5) is 10.5 Å². The van der Waals surface area contributed by atoms with Gasteiger partial charge >= 0.3 is 12.0 Å². The third-order valence-corrected chi connectivity index (χ3v) is 3.37. The molecule has 0 fully saturated rings. The summed E-state index contributed by atoms with van der Waals surface area (Å²) in [6.45, 7) is 0.280. The summed E-state index contributed by atoms with van der Waals surface area (Å²) in [7, 11) is 0. The van der Waals surface area contributed by atoms with Gasteiger partial charge < -0.3 is 15.5 Å². The summed E-state index contributed by atoms with van der Waals surface area (Å²) in [5.74, 6) is -1.14. The molecule has 1 aromatic carbocycles. The molecule has 1 aromatic rings. The summed E-state index contributed by atoms with van der Waals surface area (Å²) in [4.78, 5) is 24.8. The van der Waals surface area contributed by atoms with Gasteiger partial charge in [0.1, 0.15) is 6.04 Å². The van der Waals surface area contributed by atoms with E-state index in [1.165, 1.54) is 0 Å². The quantitative estimate of drug-likeness (QED) is 0.766. The van der Waals surface area contributed by atoms with Crippen molar-refractivity contribution >= 4 is 17.7 Å². The van der Waals surface area contributed by atoms with Crippen molar-refractivity contribution < 1.29 is 19.8 Å². The topological polar surface area (TPSA) is 89.9 Å². The first kappa shape index (κ1) is 14.3. The number of urea groups is 1. The number of amides is 2. The number of aliphatic hydroxyl groups excluding tert-OH is 1. The lowest BCUT2D eigenvalue weighted by atomic mass is 10.0. The largest absolute Gasteiger partial charge is 0.480 e. The highest BCUT2D eigenvalue weighted by atomic mass is 16.4. The van der Waals surface area contributed by atoms with Crippen molar-refractivity contribution in [1.29, 1.82) is 0 Å². The van der Waals surface area contributed by atoms with Crippen LogP contribution in [-0.2, 0) is 11.2 Å². The second-order valence-corrected chi connectivity index (χ2v) is 4.74. The van der Waals surface area contributed by atoms with Crippen LogP contribution in [-0.4, -0.2) is 41.4 Å². The number of aliphatic carboxylic acids is 1. The Balaban J connectivity index is 2.12. The molecule has 0 saturated heterocycles. The van der Waals surface area contributed by atoms with Crippen LogP contribution < -0.4 is 10.2 Å². The van der Waals surface area contributed by atoms with Crippen LogP contribution in [0, 0.1) is 0 Å². The lowest BCUT2D eigenvalue weighted by Crippen LogP contribution is -2.49. The van der Waals surface area contributed by atoms with Gasteiger partial charge in [-0.05, 0) is 24.5 Å². The molecular weight excluding hydrogens is 260 g/mol. The molecule has 1 aliphatic rings. The number of carboxylic acid groups (broad SMARTS) is 1. The zero-order valence-corrected chi connectivity index (χ0v) is 11.1. The van der Waals surface area contributed by atoms with E-state index in [9.17, 15) is 9.59 Å². The first-order chi connectivity index (χ1) is 9.63. The summed E-state index contributed by atoms with van der Waals surface area (Å²) < 4.78 is 0. The number of anilines is 1. The van der Waals surface area contributed by atoms with Gasteiger partial charge in [-0.25, -0.2) is 9.59 Å². The minimum Gasteiger partial charge on any atom is -0.480 e. The number of benzene rings is 1. The standard InChI is InChI=1S/C14H18N2O4/c17-9-7-11(13(18)19)15-14(20)16-8-3-5-10-4-1-2-6-12(10)16/h1-2,4,6,11,17H,3,5,7-9H2,(H,15,20)(H,18,19). The van der Waals surface area contributed by atoms with Gasteiger partial charge in [0.25, 0.3) is 0 Å². The second kappa shape index (κ2) is 6.38. The number of nitrogens with one attached hydrogen (secondary N) is 1. The van der Waals surface area contributed by atoms with E-state index >= 15 is 0 Å². The van der Waals surface area contributed by atoms with Gasteiger partial charge in [-0.1, -0.05) is 18.2 Å². The van der Waals surface area contributed by atoms with Gasteiger partial charge in [0.15, 0.2) is 0 Å². The van der Waals surface area contributed by atoms with Crippen molar-refractivity contribution in [1.82, 2.24) is 5.32 Å². The van der Waals surface area contributed by atoms with Crippen LogP contribution in [0.5, 0.6) is 0 Å². The van der Waals surface area contributed by atoms with Crippen molar-refractivity contribution in [3.05, 3.63) is 29.8 Å². The predicted octanol–water partition coefficient (Wildman–Crippen LogP) is 0.984. The number of aryl methyl sites for hydroxylation is 1. The predicted molar refractivity (Wildman–Crippen MR) is 73.8 cm³/mol. The van der Waals surface area contributed by atoms with E-state index in [0.717, 1.165) is 24.1 Å².